The number of hydrogen-bond donors (Lipinski definition) is 1. The Hall–Kier alpha value is -3.48. The van der Waals surface area contributed by atoms with E-state index in [1.807, 2.05) is 11.0 Å². The number of pyridine rings is 2. The maximum Gasteiger partial charge on any atom is 0.229 e. The summed E-state index contributed by atoms with van der Waals surface area (Å²) in [6, 6.07) is 9.77. The average Bonchev–Trinajstić information content (AvgIpc) is 2.85. The van der Waals surface area contributed by atoms with Crippen LogP contribution in [-0.4, -0.2) is 65.1 Å². The van der Waals surface area contributed by atoms with Crippen LogP contribution < -0.4 is 10.2 Å². The third-order valence-electron chi connectivity index (χ3n) is 5.74. The van der Waals surface area contributed by atoms with Crippen molar-refractivity contribution in [3.8, 4) is 11.3 Å². The average molecular weight is 534 g/mol. The van der Waals surface area contributed by atoms with Crippen molar-refractivity contribution in [3.63, 3.8) is 0 Å². The van der Waals surface area contributed by atoms with Crippen molar-refractivity contribution in [3.05, 3.63) is 66.6 Å². The molecule has 1 fully saturated rings. The lowest BCUT2D eigenvalue weighted by Crippen LogP contribution is -2.48. The lowest BCUT2D eigenvalue weighted by Gasteiger charge is -2.34. The summed E-state index contributed by atoms with van der Waals surface area (Å²) < 4.78 is 53.9. The largest absolute Gasteiger partial charge is 0.368 e. The van der Waals surface area contributed by atoms with E-state index < -0.39 is 21.7 Å². The molecule has 1 N–H and O–H groups in total. The number of anilines is 3. The maximum atomic E-state index is 14.5. The van der Waals surface area contributed by atoms with Gasteiger partial charge in [0.2, 0.25) is 16.0 Å². The molecule has 3 aromatic heterocycles. The van der Waals surface area contributed by atoms with Gasteiger partial charge in [0, 0.05) is 43.3 Å². The van der Waals surface area contributed by atoms with Crippen molar-refractivity contribution in [1.29, 1.82) is 0 Å². The van der Waals surface area contributed by atoms with Crippen LogP contribution >= 0.6 is 12.4 Å². The third kappa shape index (κ3) is 5.35. The van der Waals surface area contributed by atoms with Gasteiger partial charge in [-0.25, -0.2) is 32.2 Å². The fourth-order valence-electron chi connectivity index (χ4n) is 3.95. The summed E-state index contributed by atoms with van der Waals surface area (Å²) in [6.45, 7) is 1.94. The Kier molecular flexibility index (Phi) is 7.29. The minimum atomic E-state index is -3.20. The van der Waals surface area contributed by atoms with Crippen molar-refractivity contribution in [2.24, 2.45) is 0 Å². The summed E-state index contributed by atoms with van der Waals surface area (Å²) in [6.07, 6.45) is 5.38. The van der Waals surface area contributed by atoms with Gasteiger partial charge in [0.05, 0.1) is 24.3 Å². The number of nitrogens with zero attached hydrogens (tertiary/aromatic N) is 6. The zero-order valence-electron chi connectivity index (χ0n) is 19.1. The molecule has 1 saturated heterocycles. The topological polar surface area (TPSA) is 104 Å². The standard InChI is InChI=1S/C23H21F2N7O2S.ClH/c1-35(33,34)32-9-7-31(8-10-32)17-4-5-20(27-13-17)29-23-28-14-19(25)22(30-23)16-11-15-3-2-6-26-21(15)18(24)12-16;/h2-6,11-14H,7-10H2,1H3,(H,27,28,29,30);1H. The fourth-order valence-corrected chi connectivity index (χ4v) is 4.78. The van der Waals surface area contributed by atoms with Crippen LogP contribution in [0.2, 0.25) is 0 Å². The molecular formula is C23H22ClF2N7O2S. The highest BCUT2D eigenvalue weighted by molar-refractivity contribution is 7.88. The second-order valence-corrected chi connectivity index (χ2v) is 10.1. The normalized spacial score (nSPS) is 14.5. The Morgan fingerprint density at radius 1 is 0.944 bits per heavy atom. The molecule has 5 rings (SSSR count). The molecule has 0 radical (unpaired) electrons. The molecule has 4 heterocycles. The van der Waals surface area contributed by atoms with Crippen molar-refractivity contribution < 1.29 is 17.2 Å². The first-order valence-electron chi connectivity index (χ1n) is 10.8. The summed E-state index contributed by atoms with van der Waals surface area (Å²) in [5, 5.41) is 3.47. The number of hydrogen-bond acceptors (Lipinski definition) is 8. The fraction of sp³-hybridized carbons (Fsp3) is 0.217. The van der Waals surface area contributed by atoms with Crippen molar-refractivity contribution in [1.82, 2.24) is 24.2 Å². The summed E-state index contributed by atoms with van der Waals surface area (Å²) in [5.41, 5.74) is 1.27. The number of rotatable bonds is 5. The first-order chi connectivity index (χ1) is 16.8. The quantitative estimate of drug-likeness (QED) is 0.415. The van der Waals surface area contributed by atoms with E-state index in [1.165, 1.54) is 22.8 Å². The van der Waals surface area contributed by atoms with E-state index in [9.17, 15) is 17.2 Å². The lowest BCUT2D eigenvalue weighted by atomic mass is 10.1. The van der Waals surface area contributed by atoms with Crippen LogP contribution in [0.3, 0.4) is 0 Å². The second-order valence-electron chi connectivity index (χ2n) is 8.10. The van der Waals surface area contributed by atoms with E-state index in [0.717, 1.165) is 11.9 Å². The molecule has 1 aliphatic rings. The Bertz CT molecular complexity index is 1500. The molecule has 0 aliphatic carbocycles. The van der Waals surface area contributed by atoms with E-state index >= 15 is 0 Å². The highest BCUT2D eigenvalue weighted by Crippen LogP contribution is 2.27. The Morgan fingerprint density at radius 3 is 2.42 bits per heavy atom. The summed E-state index contributed by atoms with van der Waals surface area (Å²) >= 11 is 0. The van der Waals surface area contributed by atoms with Crippen molar-refractivity contribution in [2.45, 2.75) is 0 Å². The Balaban J connectivity index is 0.00000304. The number of sulfonamides is 1. The van der Waals surface area contributed by atoms with Gasteiger partial charge in [-0.2, -0.15) is 4.31 Å². The molecule has 0 spiro atoms. The van der Waals surface area contributed by atoms with Crippen LogP contribution in [0.5, 0.6) is 0 Å². The van der Waals surface area contributed by atoms with Gasteiger partial charge in [-0.1, -0.05) is 6.07 Å². The number of benzene rings is 1. The van der Waals surface area contributed by atoms with Crippen LogP contribution in [-0.2, 0) is 10.0 Å². The highest BCUT2D eigenvalue weighted by Gasteiger charge is 2.23. The Morgan fingerprint density at radius 2 is 1.72 bits per heavy atom. The molecule has 0 atom stereocenters. The van der Waals surface area contributed by atoms with E-state index in [4.69, 9.17) is 0 Å². The number of fused-ring (bicyclic) bond motifs is 1. The highest BCUT2D eigenvalue weighted by atomic mass is 35.5. The third-order valence-corrected chi connectivity index (χ3v) is 7.04. The van der Waals surface area contributed by atoms with Gasteiger partial charge in [0.15, 0.2) is 5.82 Å². The van der Waals surface area contributed by atoms with Crippen LogP contribution in [0.15, 0.2) is 55.0 Å². The molecular weight excluding hydrogens is 512 g/mol. The van der Waals surface area contributed by atoms with Crippen molar-refractivity contribution >= 4 is 50.8 Å². The van der Waals surface area contributed by atoms with E-state index in [1.54, 1.807) is 30.5 Å². The molecule has 0 saturated carbocycles. The van der Waals surface area contributed by atoms with Gasteiger partial charge < -0.3 is 10.2 Å². The monoisotopic (exact) mass is 533 g/mol. The molecule has 0 unspecified atom stereocenters. The van der Waals surface area contributed by atoms with E-state index in [0.29, 0.717) is 37.4 Å². The first-order valence-corrected chi connectivity index (χ1v) is 12.6. The van der Waals surface area contributed by atoms with Gasteiger partial charge in [0.1, 0.15) is 22.8 Å². The molecule has 9 nitrogen and oxygen atoms in total. The predicted octanol–water partition coefficient (Wildman–Crippen LogP) is 3.61. The second kappa shape index (κ2) is 10.2. The van der Waals surface area contributed by atoms with Gasteiger partial charge in [-0.05, 0) is 30.3 Å². The van der Waals surface area contributed by atoms with Crippen LogP contribution in [0.4, 0.5) is 26.2 Å². The zero-order valence-corrected chi connectivity index (χ0v) is 20.7. The number of aromatic nitrogens is 4. The maximum absolute atomic E-state index is 14.5. The molecule has 0 bridgehead atoms. The minimum Gasteiger partial charge on any atom is -0.368 e. The van der Waals surface area contributed by atoms with Gasteiger partial charge in [-0.3, -0.25) is 4.98 Å². The summed E-state index contributed by atoms with van der Waals surface area (Å²) in [4.78, 5) is 18.6. The van der Waals surface area contributed by atoms with Crippen LogP contribution in [0.25, 0.3) is 22.2 Å². The van der Waals surface area contributed by atoms with Crippen LogP contribution in [0.1, 0.15) is 0 Å². The molecule has 36 heavy (non-hydrogen) atoms. The molecule has 0 amide bonds. The summed E-state index contributed by atoms with van der Waals surface area (Å²) in [5.74, 6) is -0.708. The van der Waals surface area contributed by atoms with E-state index in [2.05, 4.69) is 25.3 Å². The van der Waals surface area contributed by atoms with Gasteiger partial charge in [-0.15, -0.1) is 12.4 Å². The molecule has 1 aliphatic heterocycles. The molecule has 1 aromatic carbocycles. The first kappa shape index (κ1) is 25.6. The number of piperazine rings is 1. The van der Waals surface area contributed by atoms with E-state index in [-0.39, 0.29) is 35.1 Å². The van der Waals surface area contributed by atoms with Crippen LogP contribution in [0, 0.1) is 11.6 Å². The molecule has 188 valence electrons. The SMILES string of the molecule is CS(=O)(=O)N1CCN(c2ccc(Nc3ncc(F)c(-c4cc(F)c5ncccc5c4)n3)nc2)CC1.Cl. The zero-order chi connectivity index (χ0) is 24.6. The number of halogens is 3. The predicted molar refractivity (Wildman–Crippen MR) is 136 cm³/mol. The molecule has 13 heteroatoms. The summed E-state index contributed by atoms with van der Waals surface area (Å²) in [7, 11) is -3.20. The Labute approximate surface area is 212 Å². The van der Waals surface area contributed by atoms with Crippen molar-refractivity contribution in [2.75, 3.05) is 42.7 Å². The lowest BCUT2D eigenvalue weighted by molar-refractivity contribution is 0.388. The van der Waals surface area contributed by atoms with Gasteiger partial charge in [0.25, 0.3) is 0 Å². The van der Waals surface area contributed by atoms with Gasteiger partial charge >= 0.3 is 0 Å². The number of nitrogens with one attached hydrogen (secondary N) is 1. The minimum absolute atomic E-state index is 0. The molecule has 4 aromatic rings. The smallest absolute Gasteiger partial charge is 0.229 e.